The van der Waals surface area contributed by atoms with Crippen molar-refractivity contribution in [3.8, 4) is 0 Å². The SMILES string of the molecule is CC1(C)NCCC2(OC3(CCCCCCCCCCC3)NC2=O)C1(C)C. The van der Waals surface area contributed by atoms with E-state index in [9.17, 15) is 4.79 Å². The fraction of sp³-hybridized carbons (Fsp3) is 0.955. The van der Waals surface area contributed by atoms with E-state index in [4.69, 9.17) is 4.74 Å². The average molecular weight is 365 g/mol. The maximum atomic E-state index is 13.3. The van der Waals surface area contributed by atoms with E-state index in [2.05, 4.69) is 38.3 Å². The number of ether oxygens (including phenoxy) is 1. The van der Waals surface area contributed by atoms with Crippen LogP contribution in [0, 0.1) is 5.41 Å². The minimum Gasteiger partial charge on any atom is -0.339 e. The van der Waals surface area contributed by atoms with Gasteiger partial charge in [0.25, 0.3) is 5.91 Å². The Morgan fingerprint density at radius 1 is 0.769 bits per heavy atom. The van der Waals surface area contributed by atoms with Crippen LogP contribution in [0.2, 0.25) is 0 Å². The number of hydrogen-bond donors (Lipinski definition) is 2. The second-order valence-corrected chi connectivity index (χ2v) is 9.99. The largest absolute Gasteiger partial charge is 0.339 e. The Morgan fingerprint density at radius 3 is 1.81 bits per heavy atom. The van der Waals surface area contributed by atoms with E-state index in [0.29, 0.717) is 0 Å². The first-order chi connectivity index (χ1) is 12.2. The Kier molecular flexibility index (Phi) is 5.75. The summed E-state index contributed by atoms with van der Waals surface area (Å²) in [4.78, 5) is 13.3. The standard InChI is InChI=1S/C22H40N2O2/c1-19(2)20(3,4)23-17-16-22(19)18(25)24-21(26-22)14-12-10-8-6-5-7-9-11-13-15-21/h23H,5-17H2,1-4H3,(H,24,25). The number of hydrogen-bond acceptors (Lipinski definition) is 3. The summed E-state index contributed by atoms with van der Waals surface area (Å²) in [5.41, 5.74) is -1.56. The van der Waals surface area contributed by atoms with Gasteiger partial charge < -0.3 is 15.4 Å². The van der Waals surface area contributed by atoms with Crippen LogP contribution in [0.4, 0.5) is 0 Å². The molecule has 2 spiro atoms. The zero-order chi connectivity index (χ0) is 18.9. The van der Waals surface area contributed by atoms with Crippen LogP contribution in [0.25, 0.3) is 0 Å². The van der Waals surface area contributed by atoms with Crippen LogP contribution < -0.4 is 10.6 Å². The van der Waals surface area contributed by atoms with E-state index in [1.807, 2.05) is 0 Å². The third-order valence-electron chi connectivity index (χ3n) is 7.86. The lowest BCUT2D eigenvalue weighted by atomic mass is 9.59. The van der Waals surface area contributed by atoms with E-state index in [-0.39, 0.29) is 16.9 Å². The van der Waals surface area contributed by atoms with Crippen molar-refractivity contribution in [1.29, 1.82) is 0 Å². The summed E-state index contributed by atoms with van der Waals surface area (Å²) in [5.74, 6) is 0.129. The Hall–Kier alpha value is -0.610. The summed E-state index contributed by atoms with van der Waals surface area (Å²) in [6, 6.07) is 0. The lowest BCUT2D eigenvalue weighted by Crippen LogP contribution is -2.70. The molecule has 0 bridgehead atoms. The van der Waals surface area contributed by atoms with Crippen LogP contribution in [0.1, 0.15) is 105 Å². The quantitative estimate of drug-likeness (QED) is 0.657. The second-order valence-electron chi connectivity index (χ2n) is 9.99. The highest BCUT2D eigenvalue weighted by atomic mass is 16.6. The first kappa shape index (κ1) is 20.1. The van der Waals surface area contributed by atoms with Gasteiger partial charge in [0.2, 0.25) is 0 Å². The minimum absolute atomic E-state index is 0.129. The number of amides is 1. The van der Waals surface area contributed by atoms with Gasteiger partial charge in [0.15, 0.2) is 5.60 Å². The molecule has 3 rings (SSSR count). The predicted molar refractivity (Wildman–Crippen MR) is 106 cm³/mol. The lowest BCUT2D eigenvalue weighted by molar-refractivity contribution is -0.201. The molecule has 2 N–H and O–H groups in total. The first-order valence-electron chi connectivity index (χ1n) is 11.0. The van der Waals surface area contributed by atoms with Gasteiger partial charge in [-0.05, 0) is 52.5 Å². The smallest absolute Gasteiger partial charge is 0.255 e. The molecule has 0 radical (unpaired) electrons. The van der Waals surface area contributed by atoms with Crippen LogP contribution in [0.3, 0.4) is 0 Å². The maximum Gasteiger partial charge on any atom is 0.255 e. The van der Waals surface area contributed by atoms with Crippen molar-refractivity contribution in [2.24, 2.45) is 5.41 Å². The number of piperidine rings is 1. The van der Waals surface area contributed by atoms with E-state index >= 15 is 0 Å². The van der Waals surface area contributed by atoms with Gasteiger partial charge in [0.1, 0.15) is 5.72 Å². The summed E-state index contributed by atoms with van der Waals surface area (Å²) >= 11 is 0. The van der Waals surface area contributed by atoms with Gasteiger partial charge >= 0.3 is 0 Å². The molecule has 1 aliphatic carbocycles. The first-order valence-corrected chi connectivity index (χ1v) is 11.0. The van der Waals surface area contributed by atoms with Gasteiger partial charge in [-0.25, -0.2) is 0 Å². The maximum absolute atomic E-state index is 13.3. The summed E-state index contributed by atoms with van der Waals surface area (Å²) in [5, 5.41) is 6.99. The zero-order valence-electron chi connectivity index (χ0n) is 17.5. The van der Waals surface area contributed by atoms with Crippen molar-refractivity contribution in [3.05, 3.63) is 0 Å². The highest BCUT2D eigenvalue weighted by Gasteiger charge is 2.67. The van der Waals surface area contributed by atoms with E-state index in [1.165, 1.54) is 44.9 Å². The van der Waals surface area contributed by atoms with Crippen molar-refractivity contribution in [2.75, 3.05) is 6.54 Å². The zero-order valence-corrected chi connectivity index (χ0v) is 17.5. The Morgan fingerprint density at radius 2 is 1.27 bits per heavy atom. The van der Waals surface area contributed by atoms with Gasteiger partial charge in [-0.2, -0.15) is 0 Å². The summed E-state index contributed by atoms with van der Waals surface area (Å²) in [7, 11) is 0. The Labute approximate surface area is 160 Å². The molecule has 150 valence electrons. The summed E-state index contributed by atoms with van der Waals surface area (Å²) in [6.45, 7) is 9.65. The van der Waals surface area contributed by atoms with E-state index in [0.717, 1.165) is 38.6 Å². The van der Waals surface area contributed by atoms with Crippen LogP contribution in [0.5, 0.6) is 0 Å². The molecular formula is C22H40N2O2. The topological polar surface area (TPSA) is 50.4 Å². The fourth-order valence-electron chi connectivity index (χ4n) is 5.29. The number of carbonyl (C=O) groups excluding carboxylic acids is 1. The van der Waals surface area contributed by atoms with Crippen LogP contribution in [-0.4, -0.2) is 29.3 Å². The van der Waals surface area contributed by atoms with Gasteiger partial charge in [-0.3, -0.25) is 4.79 Å². The Bertz CT molecular complexity index is 502. The fourth-order valence-corrected chi connectivity index (χ4v) is 5.29. The highest BCUT2D eigenvalue weighted by molar-refractivity contribution is 5.89. The normalized spacial score (nSPS) is 34.8. The van der Waals surface area contributed by atoms with Crippen molar-refractivity contribution >= 4 is 5.91 Å². The van der Waals surface area contributed by atoms with Gasteiger partial charge in [-0.15, -0.1) is 0 Å². The summed E-state index contributed by atoms with van der Waals surface area (Å²) < 4.78 is 6.88. The minimum atomic E-state index is -0.710. The molecule has 2 aliphatic heterocycles. The molecular weight excluding hydrogens is 324 g/mol. The summed E-state index contributed by atoms with van der Waals surface area (Å²) in [6.07, 6.45) is 14.2. The Balaban J connectivity index is 1.82. The molecule has 0 aromatic heterocycles. The van der Waals surface area contributed by atoms with Crippen LogP contribution in [0.15, 0.2) is 0 Å². The molecule has 3 aliphatic rings. The molecule has 0 aromatic carbocycles. The molecule has 3 fully saturated rings. The van der Waals surface area contributed by atoms with E-state index < -0.39 is 11.3 Å². The number of rotatable bonds is 0. The lowest BCUT2D eigenvalue weighted by Gasteiger charge is -2.55. The third kappa shape index (κ3) is 3.44. The molecule has 2 saturated heterocycles. The molecule has 4 heteroatoms. The van der Waals surface area contributed by atoms with Crippen LogP contribution in [-0.2, 0) is 9.53 Å². The molecule has 2 heterocycles. The molecule has 0 aromatic rings. The van der Waals surface area contributed by atoms with Gasteiger partial charge in [0.05, 0.1) is 0 Å². The van der Waals surface area contributed by atoms with Crippen LogP contribution >= 0.6 is 0 Å². The third-order valence-corrected chi connectivity index (χ3v) is 7.86. The van der Waals surface area contributed by atoms with Crippen molar-refractivity contribution in [2.45, 2.75) is 122 Å². The monoisotopic (exact) mass is 364 g/mol. The second kappa shape index (κ2) is 7.43. The molecule has 1 saturated carbocycles. The molecule has 1 atom stereocenters. The van der Waals surface area contributed by atoms with Crippen molar-refractivity contribution < 1.29 is 9.53 Å². The van der Waals surface area contributed by atoms with Gasteiger partial charge in [0, 0.05) is 11.0 Å². The van der Waals surface area contributed by atoms with E-state index in [1.54, 1.807) is 0 Å². The molecule has 1 unspecified atom stereocenters. The van der Waals surface area contributed by atoms with Crippen molar-refractivity contribution in [3.63, 3.8) is 0 Å². The molecule has 26 heavy (non-hydrogen) atoms. The number of nitrogens with one attached hydrogen (secondary N) is 2. The predicted octanol–water partition coefficient (Wildman–Crippen LogP) is 4.67. The van der Waals surface area contributed by atoms with Crippen molar-refractivity contribution in [1.82, 2.24) is 10.6 Å². The molecule has 4 nitrogen and oxygen atoms in total. The van der Waals surface area contributed by atoms with Gasteiger partial charge in [-0.1, -0.05) is 58.8 Å². The molecule has 1 amide bonds. The highest BCUT2D eigenvalue weighted by Crippen LogP contribution is 2.53. The number of carbonyl (C=O) groups is 1. The average Bonchev–Trinajstić information content (AvgIpc) is 2.83.